The molecule has 0 atom stereocenters. The van der Waals surface area contributed by atoms with Crippen LogP contribution in [0.2, 0.25) is 0 Å². The van der Waals surface area contributed by atoms with Crippen LogP contribution in [0.4, 0.5) is 10.1 Å². The highest BCUT2D eigenvalue weighted by Crippen LogP contribution is 2.09. The average Bonchev–Trinajstić information content (AvgIpc) is 2.59. The van der Waals surface area contributed by atoms with Crippen LogP contribution < -0.4 is 11.1 Å². The SMILES string of the molecule is NC(=O)c1ccc(NCC(=O)OCc2ccc(CF)cc2)cc1. The third-order valence-corrected chi connectivity index (χ3v) is 3.18. The maximum Gasteiger partial charge on any atom is 0.325 e. The molecule has 1 amide bonds. The van der Waals surface area contributed by atoms with Gasteiger partial charge in [-0.1, -0.05) is 24.3 Å². The van der Waals surface area contributed by atoms with E-state index < -0.39 is 18.6 Å². The Kier molecular flexibility index (Phi) is 5.68. The predicted octanol–water partition coefficient (Wildman–Crippen LogP) is 2.41. The molecule has 0 bridgehead atoms. The fourth-order valence-corrected chi connectivity index (χ4v) is 1.87. The van der Waals surface area contributed by atoms with Gasteiger partial charge in [0.1, 0.15) is 19.8 Å². The molecule has 0 aliphatic heterocycles. The number of benzene rings is 2. The summed E-state index contributed by atoms with van der Waals surface area (Å²) < 4.78 is 17.5. The largest absolute Gasteiger partial charge is 0.460 e. The van der Waals surface area contributed by atoms with E-state index in [-0.39, 0.29) is 13.2 Å². The Morgan fingerprint density at radius 2 is 1.61 bits per heavy atom. The van der Waals surface area contributed by atoms with Crippen LogP contribution >= 0.6 is 0 Å². The Bertz CT molecular complexity index is 669. The molecule has 0 fully saturated rings. The molecule has 0 saturated carbocycles. The minimum Gasteiger partial charge on any atom is -0.460 e. The number of nitrogens with one attached hydrogen (secondary N) is 1. The van der Waals surface area contributed by atoms with E-state index in [0.717, 1.165) is 5.56 Å². The number of esters is 1. The number of carbonyl (C=O) groups excluding carboxylic acids is 2. The van der Waals surface area contributed by atoms with Gasteiger partial charge in [0, 0.05) is 11.3 Å². The molecule has 0 aliphatic rings. The average molecular weight is 316 g/mol. The second-order valence-electron chi connectivity index (χ2n) is 4.91. The van der Waals surface area contributed by atoms with Crippen LogP contribution in [0.25, 0.3) is 0 Å². The Balaban J connectivity index is 1.77. The monoisotopic (exact) mass is 316 g/mol. The van der Waals surface area contributed by atoms with Crippen LogP contribution in [0.3, 0.4) is 0 Å². The quantitative estimate of drug-likeness (QED) is 0.769. The molecule has 0 aromatic heterocycles. The van der Waals surface area contributed by atoms with Crippen molar-refractivity contribution in [2.75, 3.05) is 11.9 Å². The number of hydrogen-bond acceptors (Lipinski definition) is 4. The van der Waals surface area contributed by atoms with Gasteiger partial charge in [-0.05, 0) is 35.4 Å². The van der Waals surface area contributed by atoms with Gasteiger partial charge in [-0.3, -0.25) is 9.59 Å². The van der Waals surface area contributed by atoms with E-state index in [1.807, 2.05) is 0 Å². The second kappa shape index (κ2) is 7.93. The summed E-state index contributed by atoms with van der Waals surface area (Å²) in [6.07, 6.45) is 0. The molecular weight excluding hydrogens is 299 g/mol. The summed E-state index contributed by atoms with van der Waals surface area (Å²) in [5.41, 5.74) is 7.60. The molecule has 120 valence electrons. The highest BCUT2D eigenvalue weighted by Gasteiger charge is 2.05. The minimum absolute atomic E-state index is 0.00151. The van der Waals surface area contributed by atoms with Crippen molar-refractivity contribution in [2.24, 2.45) is 5.73 Å². The van der Waals surface area contributed by atoms with Crippen molar-refractivity contribution in [3.8, 4) is 0 Å². The third kappa shape index (κ3) is 5.10. The number of nitrogens with two attached hydrogens (primary N) is 1. The Morgan fingerprint density at radius 1 is 1.00 bits per heavy atom. The Hall–Kier alpha value is -2.89. The number of amides is 1. The lowest BCUT2D eigenvalue weighted by atomic mass is 10.1. The summed E-state index contributed by atoms with van der Waals surface area (Å²) in [6, 6.07) is 13.2. The van der Waals surface area contributed by atoms with E-state index >= 15 is 0 Å². The molecule has 2 aromatic rings. The molecule has 2 aromatic carbocycles. The number of hydrogen-bond donors (Lipinski definition) is 2. The molecule has 0 spiro atoms. The number of ether oxygens (including phenoxy) is 1. The predicted molar refractivity (Wildman–Crippen MR) is 84.5 cm³/mol. The van der Waals surface area contributed by atoms with Gasteiger partial charge in [0.15, 0.2) is 0 Å². The smallest absolute Gasteiger partial charge is 0.325 e. The van der Waals surface area contributed by atoms with E-state index in [1.54, 1.807) is 48.5 Å². The Labute approximate surface area is 133 Å². The molecule has 5 nitrogen and oxygen atoms in total. The number of alkyl halides is 1. The Morgan fingerprint density at radius 3 is 2.17 bits per heavy atom. The maximum atomic E-state index is 12.4. The second-order valence-corrected chi connectivity index (χ2v) is 4.91. The number of halogens is 1. The van der Waals surface area contributed by atoms with E-state index in [4.69, 9.17) is 10.5 Å². The zero-order valence-electron chi connectivity index (χ0n) is 12.4. The number of primary amides is 1. The summed E-state index contributed by atoms with van der Waals surface area (Å²) in [5.74, 6) is -0.923. The van der Waals surface area contributed by atoms with Crippen molar-refractivity contribution < 1.29 is 18.7 Å². The zero-order chi connectivity index (χ0) is 16.7. The minimum atomic E-state index is -0.515. The van der Waals surface area contributed by atoms with Crippen molar-refractivity contribution in [1.29, 1.82) is 0 Å². The standard InChI is InChI=1S/C17H17FN2O3/c18-9-12-1-3-13(4-2-12)11-23-16(21)10-20-15-7-5-14(6-8-15)17(19)22/h1-8,20H,9-11H2,(H2,19,22). The van der Waals surface area contributed by atoms with E-state index in [9.17, 15) is 14.0 Å². The van der Waals surface area contributed by atoms with Crippen LogP contribution in [0.5, 0.6) is 0 Å². The van der Waals surface area contributed by atoms with Crippen molar-refractivity contribution in [3.63, 3.8) is 0 Å². The molecule has 0 unspecified atom stereocenters. The first-order valence-electron chi connectivity index (χ1n) is 7.01. The fourth-order valence-electron chi connectivity index (χ4n) is 1.87. The van der Waals surface area contributed by atoms with Gasteiger partial charge in [-0.2, -0.15) is 0 Å². The fraction of sp³-hybridized carbons (Fsp3) is 0.176. The summed E-state index contributed by atoms with van der Waals surface area (Å²) in [4.78, 5) is 22.6. The lowest BCUT2D eigenvalue weighted by molar-refractivity contribution is -0.142. The van der Waals surface area contributed by atoms with Crippen LogP contribution in [-0.2, 0) is 22.8 Å². The molecule has 0 saturated heterocycles. The van der Waals surface area contributed by atoms with Crippen LogP contribution in [-0.4, -0.2) is 18.4 Å². The number of rotatable bonds is 7. The summed E-state index contributed by atoms with van der Waals surface area (Å²) in [5, 5.41) is 2.89. The maximum absolute atomic E-state index is 12.4. The van der Waals surface area contributed by atoms with Gasteiger partial charge >= 0.3 is 5.97 Å². The normalized spacial score (nSPS) is 10.1. The van der Waals surface area contributed by atoms with E-state index in [0.29, 0.717) is 16.8 Å². The first kappa shape index (κ1) is 16.5. The third-order valence-electron chi connectivity index (χ3n) is 3.18. The number of carbonyl (C=O) groups is 2. The van der Waals surface area contributed by atoms with Crippen LogP contribution in [0.15, 0.2) is 48.5 Å². The van der Waals surface area contributed by atoms with E-state index in [1.165, 1.54) is 0 Å². The van der Waals surface area contributed by atoms with Gasteiger partial charge in [0.05, 0.1) is 0 Å². The van der Waals surface area contributed by atoms with Gasteiger partial charge < -0.3 is 15.8 Å². The molecule has 23 heavy (non-hydrogen) atoms. The van der Waals surface area contributed by atoms with Crippen molar-refractivity contribution in [1.82, 2.24) is 0 Å². The molecule has 2 rings (SSSR count). The van der Waals surface area contributed by atoms with Crippen LogP contribution in [0, 0.1) is 0 Å². The molecule has 0 heterocycles. The molecule has 0 radical (unpaired) electrons. The first-order chi connectivity index (χ1) is 11.1. The first-order valence-corrected chi connectivity index (χ1v) is 7.01. The summed E-state index contributed by atoms with van der Waals surface area (Å²) in [6.45, 7) is -0.384. The van der Waals surface area contributed by atoms with Crippen LogP contribution in [0.1, 0.15) is 21.5 Å². The summed E-state index contributed by atoms with van der Waals surface area (Å²) >= 11 is 0. The van der Waals surface area contributed by atoms with Crippen molar-refractivity contribution in [3.05, 3.63) is 65.2 Å². The molecule has 3 N–H and O–H groups in total. The van der Waals surface area contributed by atoms with Gasteiger partial charge in [0.2, 0.25) is 5.91 Å². The zero-order valence-corrected chi connectivity index (χ0v) is 12.4. The number of anilines is 1. The lowest BCUT2D eigenvalue weighted by Gasteiger charge is -2.08. The molecule has 0 aliphatic carbocycles. The molecular formula is C17H17FN2O3. The molecule has 6 heteroatoms. The highest BCUT2D eigenvalue weighted by atomic mass is 19.1. The van der Waals surface area contributed by atoms with E-state index in [2.05, 4.69) is 5.32 Å². The van der Waals surface area contributed by atoms with Gasteiger partial charge in [0.25, 0.3) is 0 Å². The lowest BCUT2D eigenvalue weighted by Crippen LogP contribution is -2.17. The van der Waals surface area contributed by atoms with Gasteiger partial charge in [-0.15, -0.1) is 0 Å². The van der Waals surface area contributed by atoms with Crippen molar-refractivity contribution in [2.45, 2.75) is 13.3 Å². The topological polar surface area (TPSA) is 81.4 Å². The summed E-state index contributed by atoms with van der Waals surface area (Å²) in [7, 11) is 0. The van der Waals surface area contributed by atoms with Crippen molar-refractivity contribution >= 4 is 17.6 Å². The highest BCUT2D eigenvalue weighted by molar-refractivity contribution is 5.93. The van der Waals surface area contributed by atoms with Gasteiger partial charge in [-0.25, -0.2) is 4.39 Å².